The Morgan fingerprint density at radius 1 is 1.14 bits per heavy atom. The highest BCUT2D eigenvalue weighted by Crippen LogP contribution is 2.26. The van der Waals surface area contributed by atoms with E-state index in [1.165, 1.54) is 18.2 Å². The van der Waals surface area contributed by atoms with Gasteiger partial charge in [0.2, 0.25) is 21.8 Å². The van der Waals surface area contributed by atoms with Crippen molar-refractivity contribution in [2.45, 2.75) is 78.2 Å². The minimum atomic E-state index is -3.60. The van der Waals surface area contributed by atoms with Crippen LogP contribution in [0.15, 0.2) is 30.3 Å². The predicted octanol–water partition coefficient (Wildman–Crippen LogP) is 5.27. The van der Waals surface area contributed by atoms with Gasteiger partial charge in [0.25, 0.3) is 0 Å². The minimum absolute atomic E-state index is 0.140. The number of pyridine rings is 1. The molecule has 35 heavy (non-hydrogen) atoms. The first-order valence-electron chi connectivity index (χ1n) is 12.0. The van der Waals surface area contributed by atoms with E-state index in [1.54, 1.807) is 6.92 Å². The van der Waals surface area contributed by atoms with Crippen LogP contribution >= 0.6 is 0 Å². The molecule has 9 heteroatoms. The molecule has 0 fully saturated rings. The van der Waals surface area contributed by atoms with Crippen LogP contribution in [0.5, 0.6) is 5.88 Å². The normalized spacial score (nSPS) is 12.8. The van der Waals surface area contributed by atoms with Gasteiger partial charge in [0.05, 0.1) is 24.5 Å². The van der Waals surface area contributed by atoms with Gasteiger partial charge in [-0.1, -0.05) is 59.1 Å². The molecule has 2 aromatic rings. The van der Waals surface area contributed by atoms with Gasteiger partial charge < -0.3 is 10.1 Å². The van der Waals surface area contributed by atoms with Crippen LogP contribution < -0.4 is 14.8 Å². The van der Waals surface area contributed by atoms with E-state index in [1.807, 2.05) is 12.1 Å². The van der Waals surface area contributed by atoms with Crippen molar-refractivity contribution in [2.75, 3.05) is 17.6 Å². The van der Waals surface area contributed by atoms with Crippen LogP contribution in [-0.4, -0.2) is 32.2 Å². The lowest BCUT2D eigenvalue weighted by Gasteiger charge is -2.21. The minimum Gasteiger partial charge on any atom is -0.477 e. The molecule has 2 N–H and O–H groups in total. The van der Waals surface area contributed by atoms with Gasteiger partial charge in [-0.05, 0) is 37.1 Å². The number of benzene rings is 1. The number of carbonyl (C=O) groups is 1. The van der Waals surface area contributed by atoms with Crippen LogP contribution in [0.3, 0.4) is 0 Å². The van der Waals surface area contributed by atoms with Crippen molar-refractivity contribution in [3.63, 3.8) is 0 Å². The predicted molar refractivity (Wildman–Crippen MR) is 138 cm³/mol. The number of halogens is 1. The van der Waals surface area contributed by atoms with Crippen LogP contribution in [0.4, 0.5) is 10.1 Å². The third kappa shape index (κ3) is 9.12. The fraction of sp³-hybridized carbons (Fsp3) is 0.538. The number of aromatic nitrogens is 1. The van der Waals surface area contributed by atoms with Gasteiger partial charge in [-0.25, -0.2) is 17.8 Å². The van der Waals surface area contributed by atoms with Crippen molar-refractivity contribution >= 4 is 21.6 Å². The Hall–Kier alpha value is -2.68. The fourth-order valence-corrected chi connectivity index (χ4v) is 3.98. The molecule has 1 atom stereocenters. The number of sulfonamides is 1. The summed E-state index contributed by atoms with van der Waals surface area (Å²) in [6.45, 7) is 10.9. The summed E-state index contributed by atoms with van der Waals surface area (Å²) in [5.41, 5.74) is 1.82. The zero-order chi connectivity index (χ0) is 26.2. The van der Waals surface area contributed by atoms with Crippen LogP contribution in [0, 0.1) is 5.82 Å². The van der Waals surface area contributed by atoms with Gasteiger partial charge in [0.1, 0.15) is 5.82 Å². The largest absolute Gasteiger partial charge is 0.477 e. The van der Waals surface area contributed by atoms with Crippen molar-refractivity contribution in [1.82, 2.24) is 10.3 Å². The van der Waals surface area contributed by atoms with Crippen molar-refractivity contribution in [3.05, 3.63) is 53.0 Å². The molecule has 0 saturated carbocycles. The Labute approximate surface area is 208 Å². The average molecular weight is 508 g/mol. The Balaban J connectivity index is 2.10. The Morgan fingerprint density at radius 2 is 1.86 bits per heavy atom. The Kier molecular flexibility index (Phi) is 10.1. The van der Waals surface area contributed by atoms with Crippen LogP contribution in [0.25, 0.3) is 0 Å². The summed E-state index contributed by atoms with van der Waals surface area (Å²) in [6.07, 6.45) is 5.28. The summed E-state index contributed by atoms with van der Waals surface area (Å²) in [7, 11) is -3.60. The van der Waals surface area contributed by atoms with Gasteiger partial charge in [0.15, 0.2) is 0 Å². The van der Waals surface area contributed by atoms with Crippen molar-refractivity contribution < 1.29 is 22.3 Å². The average Bonchev–Trinajstić information content (AvgIpc) is 2.77. The maximum absolute atomic E-state index is 14.4. The Bertz CT molecular complexity index is 1110. The van der Waals surface area contributed by atoms with Crippen molar-refractivity contribution in [3.8, 4) is 5.88 Å². The number of hydrogen-bond donors (Lipinski definition) is 2. The molecule has 0 bridgehead atoms. The molecule has 0 aliphatic heterocycles. The number of amides is 1. The number of nitrogens with one attached hydrogen (secondary N) is 2. The van der Waals surface area contributed by atoms with E-state index < -0.39 is 21.8 Å². The first-order chi connectivity index (χ1) is 16.3. The van der Waals surface area contributed by atoms with E-state index in [2.05, 4.69) is 37.7 Å². The first-order valence-corrected chi connectivity index (χ1v) is 13.9. The van der Waals surface area contributed by atoms with Gasteiger partial charge in [-0.2, -0.15) is 0 Å². The maximum atomic E-state index is 14.4. The number of hydrogen-bond acceptors (Lipinski definition) is 5. The molecule has 7 nitrogen and oxygen atoms in total. The summed E-state index contributed by atoms with van der Waals surface area (Å²) in [5.74, 6) is -1.16. The second-order valence-corrected chi connectivity index (χ2v) is 11.6. The van der Waals surface area contributed by atoms with E-state index in [9.17, 15) is 17.6 Å². The molecule has 0 radical (unpaired) electrons. The first kappa shape index (κ1) is 28.6. The lowest BCUT2D eigenvalue weighted by atomic mass is 9.91. The quantitative estimate of drug-likeness (QED) is 0.382. The Morgan fingerprint density at radius 3 is 2.46 bits per heavy atom. The number of anilines is 1. The van der Waals surface area contributed by atoms with Gasteiger partial charge in [-0.15, -0.1) is 0 Å². The van der Waals surface area contributed by atoms with E-state index in [4.69, 9.17) is 9.72 Å². The highest BCUT2D eigenvalue weighted by molar-refractivity contribution is 7.92. The van der Waals surface area contributed by atoms with E-state index in [0.29, 0.717) is 18.1 Å². The highest BCUT2D eigenvalue weighted by atomic mass is 32.2. The molecular formula is C26H38FN3O4S. The molecule has 0 spiro atoms. The second kappa shape index (κ2) is 12.3. The lowest BCUT2D eigenvalue weighted by molar-refractivity contribution is -0.122. The summed E-state index contributed by atoms with van der Waals surface area (Å²) in [5, 5.41) is 2.89. The molecule has 1 heterocycles. The molecule has 1 amide bonds. The number of carbonyl (C=O) groups excluding carboxylic acids is 1. The topological polar surface area (TPSA) is 97.4 Å². The molecule has 2 rings (SSSR count). The van der Waals surface area contributed by atoms with Crippen molar-refractivity contribution in [2.24, 2.45) is 0 Å². The molecule has 0 saturated heterocycles. The third-order valence-electron chi connectivity index (χ3n) is 5.58. The smallest absolute Gasteiger partial charge is 0.229 e. The number of nitrogens with zero attached hydrogens (tertiary/aromatic N) is 1. The number of unbranched alkanes of at least 4 members (excludes halogenated alkanes) is 3. The van der Waals surface area contributed by atoms with E-state index in [0.717, 1.165) is 43.2 Å². The maximum Gasteiger partial charge on any atom is 0.229 e. The van der Waals surface area contributed by atoms with Crippen LogP contribution in [-0.2, 0) is 26.8 Å². The number of rotatable bonds is 12. The highest BCUT2D eigenvalue weighted by Gasteiger charge is 2.21. The van der Waals surface area contributed by atoms with Gasteiger partial charge in [-0.3, -0.25) is 9.52 Å². The molecule has 1 aromatic heterocycles. The molecule has 1 unspecified atom stereocenters. The SMILES string of the molecule is CCCCCCOc1nc(C(C)(C)C)ccc1CNC(=O)C(C)c1ccc(NS(C)(=O)=O)c(F)c1. The third-order valence-corrected chi connectivity index (χ3v) is 6.17. The van der Waals surface area contributed by atoms with Gasteiger partial charge in [0, 0.05) is 23.2 Å². The van der Waals surface area contributed by atoms with E-state index >= 15 is 0 Å². The summed E-state index contributed by atoms with van der Waals surface area (Å²) >= 11 is 0. The lowest BCUT2D eigenvalue weighted by Crippen LogP contribution is -2.28. The second-order valence-electron chi connectivity index (χ2n) is 9.87. The molecule has 0 aliphatic rings. The summed E-state index contributed by atoms with van der Waals surface area (Å²) < 4.78 is 45.2. The van der Waals surface area contributed by atoms with E-state index in [-0.39, 0.29) is 23.6 Å². The molecular weight excluding hydrogens is 469 g/mol. The summed E-state index contributed by atoms with van der Waals surface area (Å²) in [4.78, 5) is 17.5. The standard InChI is InChI=1S/C26H38FN3O4S/c1-7-8-9-10-15-34-25-20(12-14-23(29-25)26(3,4)5)17-28-24(31)18(2)19-11-13-22(21(27)16-19)30-35(6,32)33/h11-14,16,18,30H,7-10,15,17H2,1-6H3,(H,28,31). The molecule has 0 aliphatic carbocycles. The molecule has 194 valence electrons. The summed E-state index contributed by atoms with van der Waals surface area (Å²) in [6, 6.07) is 7.88. The fourth-order valence-electron chi connectivity index (χ4n) is 3.41. The van der Waals surface area contributed by atoms with Crippen LogP contribution in [0.2, 0.25) is 0 Å². The van der Waals surface area contributed by atoms with Crippen LogP contribution in [0.1, 0.15) is 83.0 Å². The zero-order valence-corrected chi connectivity index (χ0v) is 22.4. The molecule has 1 aromatic carbocycles. The monoisotopic (exact) mass is 507 g/mol. The van der Waals surface area contributed by atoms with Gasteiger partial charge >= 0.3 is 0 Å². The zero-order valence-electron chi connectivity index (χ0n) is 21.6. The van der Waals surface area contributed by atoms with Crippen molar-refractivity contribution in [1.29, 1.82) is 0 Å². The number of ether oxygens (including phenoxy) is 1.